The number of hydrogen-bond acceptors (Lipinski definition) is 4. The molecule has 0 aliphatic heterocycles. The van der Waals surface area contributed by atoms with Crippen LogP contribution < -0.4 is 5.32 Å². The molecule has 1 N–H and O–H groups in total. The van der Waals surface area contributed by atoms with Crippen molar-refractivity contribution in [3.05, 3.63) is 70.7 Å². The van der Waals surface area contributed by atoms with Crippen LogP contribution in [0.3, 0.4) is 0 Å². The Morgan fingerprint density at radius 2 is 1.96 bits per heavy atom. The third kappa shape index (κ3) is 3.66. The maximum absolute atomic E-state index is 13.5. The van der Waals surface area contributed by atoms with Gasteiger partial charge >= 0.3 is 0 Å². The first-order chi connectivity index (χ1) is 13.4. The maximum atomic E-state index is 13.5. The average Bonchev–Trinajstić information content (AvgIpc) is 3.20. The second kappa shape index (κ2) is 7.16. The van der Waals surface area contributed by atoms with Crippen molar-refractivity contribution in [2.75, 3.05) is 5.32 Å². The third-order valence-electron chi connectivity index (χ3n) is 4.47. The van der Waals surface area contributed by atoms with Gasteiger partial charge in [-0.25, -0.2) is 9.37 Å². The van der Waals surface area contributed by atoms with Gasteiger partial charge in [0.05, 0.1) is 22.3 Å². The number of rotatable bonds is 4. The lowest BCUT2D eigenvalue weighted by atomic mass is 10.0. The Bertz CT molecular complexity index is 1190. The first-order valence-electron chi connectivity index (χ1n) is 8.88. The molecular weight excluding hydrogens is 375 g/mol. The van der Waals surface area contributed by atoms with Crippen LogP contribution in [0, 0.1) is 26.6 Å². The molecule has 0 spiro atoms. The zero-order valence-electron chi connectivity index (χ0n) is 15.8. The lowest BCUT2D eigenvalue weighted by Crippen LogP contribution is -2.17. The van der Waals surface area contributed by atoms with Crippen molar-refractivity contribution in [3.8, 4) is 5.13 Å². The predicted octanol–water partition coefficient (Wildman–Crippen LogP) is 4.73. The van der Waals surface area contributed by atoms with E-state index in [1.165, 1.54) is 29.0 Å². The first kappa shape index (κ1) is 18.3. The minimum Gasteiger partial charge on any atom is -0.310 e. The molecule has 0 unspecified atom stereocenters. The fourth-order valence-electron chi connectivity index (χ4n) is 3.12. The number of amides is 1. The van der Waals surface area contributed by atoms with E-state index in [1.807, 2.05) is 32.9 Å². The Morgan fingerprint density at radius 1 is 1.14 bits per heavy atom. The number of carbonyl (C=O) groups excluding carboxylic acids is 1. The standard InChI is InChI=1S/C21H19FN4OS/c1-12-4-5-15(13(2)8-12)10-20(27)24-19-9-14(3)25-26(19)21-23-17-7-6-16(22)11-18(17)28-21/h4-9,11H,10H2,1-3H3,(H,24,27). The van der Waals surface area contributed by atoms with Crippen molar-refractivity contribution in [2.45, 2.75) is 27.2 Å². The van der Waals surface area contributed by atoms with E-state index in [2.05, 4.69) is 21.5 Å². The lowest BCUT2D eigenvalue weighted by molar-refractivity contribution is -0.115. The molecule has 0 saturated heterocycles. The molecule has 142 valence electrons. The van der Waals surface area contributed by atoms with E-state index in [0.29, 0.717) is 16.5 Å². The van der Waals surface area contributed by atoms with E-state index in [4.69, 9.17) is 0 Å². The van der Waals surface area contributed by atoms with Gasteiger partial charge < -0.3 is 5.32 Å². The highest BCUT2D eigenvalue weighted by atomic mass is 32.1. The number of aromatic nitrogens is 3. The second-order valence-electron chi connectivity index (χ2n) is 6.85. The number of anilines is 1. The minimum atomic E-state index is -0.304. The quantitative estimate of drug-likeness (QED) is 0.544. The van der Waals surface area contributed by atoms with Gasteiger partial charge in [0.25, 0.3) is 0 Å². The van der Waals surface area contributed by atoms with Gasteiger partial charge in [0.1, 0.15) is 11.6 Å². The Balaban J connectivity index is 1.61. The van der Waals surface area contributed by atoms with Crippen LogP contribution in [0.4, 0.5) is 10.2 Å². The highest BCUT2D eigenvalue weighted by molar-refractivity contribution is 7.20. The Morgan fingerprint density at radius 3 is 2.75 bits per heavy atom. The molecule has 7 heteroatoms. The smallest absolute Gasteiger partial charge is 0.229 e. The molecule has 2 heterocycles. The van der Waals surface area contributed by atoms with Gasteiger partial charge in [-0.1, -0.05) is 35.1 Å². The summed E-state index contributed by atoms with van der Waals surface area (Å²) in [7, 11) is 0. The predicted molar refractivity (Wildman–Crippen MR) is 110 cm³/mol. The third-order valence-corrected chi connectivity index (χ3v) is 5.46. The van der Waals surface area contributed by atoms with Crippen LogP contribution in [-0.2, 0) is 11.2 Å². The summed E-state index contributed by atoms with van der Waals surface area (Å²) >= 11 is 1.33. The minimum absolute atomic E-state index is 0.125. The summed E-state index contributed by atoms with van der Waals surface area (Å²) in [5, 5.41) is 7.95. The van der Waals surface area contributed by atoms with Crippen LogP contribution in [0.2, 0.25) is 0 Å². The highest BCUT2D eigenvalue weighted by Gasteiger charge is 2.15. The molecule has 0 atom stereocenters. The molecule has 4 rings (SSSR count). The Kier molecular flexibility index (Phi) is 4.68. The van der Waals surface area contributed by atoms with Crippen molar-refractivity contribution in [2.24, 2.45) is 0 Å². The van der Waals surface area contributed by atoms with E-state index < -0.39 is 0 Å². The lowest BCUT2D eigenvalue weighted by Gasteiger charge is -2.09. The van der Waals surface area contributed by atoms with Crippen molar-refractivity contribution >= 4 is 33.3 Å². The molecule has 5 nitrogen and oxygen atoms in total. The molecule has 28 heavy (non-hydrogen) atoms. The van der Waals surface area contributed by atoms with Crippen molar-refractivity contribution in [1.82, 2.24) is 14.8 Å². The number of thiazole rings is 1. The van der Waals surface area contributed by atoms with Crippen LogP contribution in [0.5, 0.6) is 0 Å². The van der Waals surface area contributed by atoms with E-state index in [-0.39, 0.29) is 18.1 Å². The van der Waals surface area contributed by atoms with Crippen LogP contribution >= 0.6 is 11.3 Å². The molecule has 2 aromatic heterocycles. The number of halogens is 1. The molecule has 2 aromatic carbocycles. The molecule has 4 aromatic rings. The number of hydrogen-bond donors (Lipinski definition) is 1. The maximum Gasteiger partial charge on any atom is 0.229 e. The SMILES string of the molecule is Cc1ccc(CC(=O)Nc2cc(C)nn2-c2nc3ccc(F)cc3s2)c(C)c1. The molecular formula is C21H19FN4OS. The normalized spacial score (nSPS) is 11.1. The molecule has 0 bridgehead atoms. The van der Waals surface area contributed by atoms with Crippen LogP contribution in [-0.4, -0.2) is 20.7 Å². The molecule has 1 amide bonds. The molecule has 0 aliphatic carbocycles. The van der Waals surface area contributed by atoms with E-state index in [9.17, 15) is 9.18 Å². The summed E-state index contributed by atoms with van der Waals surface area (Å²) in [5.74, 6) is 0.119. The van der Waals surface area contributed by atoms with Crippen molar-refractivity contribution < 1.29 is 9.18 Å². The fourth-order valence-corrected chi connectivity index (χ4v) is 4.07. The number of nitrogens with zero attached hydrogens (tertiary/aromatic N) is 3. The first-order valence-corrected chi connectivity index (χ1v) is 9.70. The van der Waals surface area contributed by atoms with E-state index in [0.717, 1.165) is 21.5 Å². The van der Waals surface area contributed by atoms with Gasteiger partial charge in [-0.2, -0.15) is 9.78 Å². The zero-order valence-corrected chi connectivity index (χ0v) is 16.6. The Hall–Kier alpha value is -3.06. The molecule has 0 aliphatic rings. The topological polar surface area (TPSA) is 59.8 Å². The van der Waals surface area contributed by atoms with E-state index in [1.54, 1.807) is 16.8 Å². The molecule has 0 saturated carbocycles. The number of fused-ring (bicyclic) bond motifs is 1. The van der Waals surface area contributed by atoms with Gasteiger partial charge in [0.15, 0.2) is 0 Å². The van der Waals surface area contributed by atoms with Gasteiger partial charge in [0.2, 0.25) is 11.0 Å². The van der Waals surface area contributed by atoms with Crippen molar-refractivity contribution in [3.63, 3.8) is 0 Å². The van der Waals surface area contributed by atoms with Gasteiger partial charge in [-0.3, -0.25) is 4.79 Å². The van der Waals surface area contributed by atoms with Gasteiger partial charge in [0, 0.05) is 6.07 Å². The van der Waals surface area contributed by atoms with E-state index >= 15 is 0 Å². The summed E-state index contributed by atoms with van der Waals surface area (Å²) in [6, 6.07) is 12.3. The molecule has 0 radical (unpaired) electrons. The van der Waals surface area contributed by atoms with Crippen molar-refractivity contribution in [1.29, 1.82) is 0 Å². The average molecular weight is 394 g/mol. The summed E-state index contributed by atoms with van der Waals surface area (Å²) in [6.45, 7) is 5.88. The second-order valence-corrected chi connectivity index (χ2v) is 7.86. The number of aryl methyl sites for hydroxylation is 3. The summed E-state index contributed by atoms with van der Waals surface area (Å²) in [6.07, 6.45) is 0.279. The van der Waals surface area contributed by atoms with Crippen LogP contribution in [0.15, 0.2) is 42.5 Å². The van der Waals surface area contributed by atoms with Crippen LogP contribution in [0.1, 0.15) is 22.4 Å². The summed E-state index contributed by atoms with van der Waals surface area (Å²) in [4.78, 5) is 17.1. The summed E-state index contributed by atoms with van der Waals surface area (Å²) < 4.78 is 15.8. The summed E-state index contributed by atoms with van der Waals surface area (Å²) in [5.41, 5.74) is 4.70. The van der Waals surface area contributed by atoms with Gasteiger partial charge in [-0.15, -0.1) is 0 Å². The fraction of sp³-hybridized carbons (Fsp3) is 0.190. The van der Waals surface area contributed by atoms with Crippen LogP contribution in [0.25, 0.3) is 15.3 Å². The van der Waals surface area contributed by atoms with Gasteiger partial charge in [-0.05, 0) is 50.1 Å². The zero-order chi connectivity index (χ0) is 19.8. The molecule has 0 fully saturated rings. The highest BCUT2D eigenvalue weighted by Crippen LogP contribution is 2.28. The number of nitrogens with one attached hydrogen (secondary N) is 1. The number of carbonyl (C=O) groups is 1. The largest absolute Gasteiger partial charge is 0.310 e. The monoisotopic (exact) mass is 394 g/mol. The Labute approximate surface area is 165 Å². The number of benzene rings is 2.